The lowest BCUT2D eigenvalue weighted by atomic mass is 10.1. The molecule has 2 rings (SSSR count). The molecule has 0 bridgehead atoms. The van der Waals surface area contributed by atoms with Crippen molar-refractivity contribution in [2.24, 2.45) is 0 Å². The van der Waals surface area contributed by atoms with Gasteiger partial charge in [0, 0.05) is 24.8 Å². The minimum atomic E-state index is -0.616. The SMILES string of the molecule is CC(C)NC(=O)Nc1ccc(O)c(C(=O)NOC2CCCCO2)c1. The predicted molar refractivity (Wildman–Crippen MR) is 87.5 cm³/mol. The molecule has 132 valence electrons. The number of carbonyl (C=O) groups is 2. The molecule has 0 spiro atoms. The van der Waals surface area contributed by atoms with E-state index >= 15 is 0 Å². The fraction of sp³-hybridized carbons (Fsp3) is 0.500. The van der Waals surface area contributed by atoms with Gasteiger partial charge < -0.3 is 20.5 Å². The van der Waals surface area contributed by atoms with Gasteiger partial charge in [-0.15, -0.1) is 0 Å². The van der Waals surface area contributed by atoms with Crippen molar-refractivity contribution < 1.29 is 24.3 Å². The number of anilines is 1. The van der Waals surface area contributed by atoms with E-state index < -0.39 is 18.2 Å². The second-order valence-corrected chi connectivity index (χ2v) is 5.83. The fourth-order valence-corrected chi connectivity index (χ4v) is 2.20. The molecule has 0 saturated carbocycles. The average molecular weight is 337 g/mol. The van der Waals surface area contributed by atoms with Gasteiger partial charge in [0.2, 0.25) is 0 Å². The number of phenols is 1. The summed E-state index contributed by atoms with van der Waals surface area (Å²) in [6.45, 7) is 4.26. The maximum Gasteiger partial charge on any atom is 0.319 e. The number of amides is 3. The highest BCUT2D eigenvalue weighted by Crippen LogP contribution is 2.22. The number of carbonyl (C=O) groups excluding carboxylic acids is 2. The minimum absolute atomic E-state index is 0.00634. The third kappa shape index (κ3) is 5.39. The van der Waals surface area contributed by atoms with Crippen LogP contribution in [0.2, 0.25) is 0 Å². The van der Waals surface area contributed by atoms with E-state index in [1.165, 1.54) is 18.2 Å². The summed E-state index contributed by atoms with van der Waals surface area (Å²) in [5.74, 6) is -0.829. The van der Waals surface area contributed by atoms with Crippen LogP contribution in [0.15, 0.2) is 18.2 Å². The molecule has 8 heteroatoms. The van der Waals surface area contributed by atoms with Crippen molar-refractivity contribution >= 4 is 17.6 Å². The molecule has 4 N–H and O–H groups in total. The number of phenolic OH excluding ortho intramolecular Hbond substituents is 1. The molecule has 1 aromatic rings. The van der Waals surface area contributed by atoms with Crippen LogP contribution in [0, 0.1) is 0 Å². The molecule has 1 fully saturated rings. The first-order valence-corrected chi connectivity index (χ1v) is 7.94. The molecule has 0 radical (unpaired) electrons. The molecule has 1 aliphatic rings. The van der Waals surface area contributed by atoms with Crippen molar-refractivity contribution in [3.8, 4) is 5.75 Å². The van der Waals surface area contributed by atoms with Gasteiger partial charge in [-0.05, 0) is 44.9 Å². The van der Waals surface area contributed by atoms with Crippen LogP contribution in [-0.2, 0) is 9.57 Å². The monoisotopic (exact) mass is 337 g/mol. The number of nitrogens with one attached hydrogen (secondary N) is 3. The van der Waals surface area contributed by atoms with Gasteiger partial charge in [-0.1, -0.05) is 0 Å². The number of urea groups is 1. The van der Waals surface area contributed by atoms with Crippen molar-refractivity contribution in [3.05, 3.63) is 23.8 Å². The summed E-state index contributed by atoms with van der Waals surface area (Å²) in [5.41, 5.74) is 2.64. The molecule has 8 nitrogen and oxygen atoms in total. The summed E-state index contributed by atoms with van der Waals surface area (Å²) in [5, 5.41) is 15.1. The molecule has 1 heterocycles. The van der Waals surface area contributed by atoms with Crippen molar-refractivity contribution in [2.75, 3.05) is 11.9 Å². The van der Waals surface area contributed by atoms with Gasteiger partial charge in [0.1, 0.15) is 5.75 Å². The van der Waals surface area contributed by atoms with E-state index in [1.54, 1.807) is 0 Å². The second-order valence-electron chi connectivity index (χ2n) is 5.83. The minimum Gasteiger partial charge on any atom is -0.507 e. The zero-order chi connectivity index (χ0) is 17.5. The Kier molecular flexibility index (Phi) is 6.39. The Morgan fingerprint density at radius 1 is 1.33 bits per heavy atom. The Morgan fingerprint density at radius 3 is 2.79 bits per heavy atom. The van der Waals surface area contributed by atoms with Gasteiger partial charge in [0.15, 0.2) is 6.29 Å². The topological polar surface area (TPSA) is 109 Å². The van der Waals surface area contributed by atoms with E-state index in [0.29, 0.717) is 18.7 Å². The van der Waals surface area contributed by atoms with Crippen molar-refractivity contribution in [1.82, 2.24) is 10.8 Å². The van der Waals surface area contributed by atoms with Crippen LogP contribution in [0.25, 0.3) is 0 Å². The number of hydrogen-bond donors (Lipinski definition) is 4. The third-order valence-corrected chi connectivity index (χ3v) is 3.34. The van der Waals surface area contributed by atoms with Gasteiger partial charge in [0.25, 0.3) is 5.91 Å². The van der Waals surface area contributed by atoms with Crippen molar-refractivity contribution in [1.29, 1.82) is 0 Å². The first-order valence-electron chi connectivity index (χ1n) is 7.94. The van der Waals surface area contributed by atoms with Crippen LogP contribution >= 0.6 is 0 Å². The van der Waals surface area contributed by atoms with Crippen LogP contribution < -0.4 is 16.1 Å². The van der Waals surface area contributed by atoms with Gasteiger partial charge >= 0.3 is 6.03 Å². The van der Waals surface area contributed by atoms with Crippen molar-refractivity contribution in [3.63, 3.8) is 0 Å². The molecule has 0 aromatic heterocycles. The Bertz CT molecular complexity index is 585. The molecular formula is C16H23N3O5. The summed E-state index contributed by atoms with van der Waals surface area (Å²) in [4.78, 5) is 29.0. The highest BCUT2D eigenvalue weighted by Gasteiger charge is 2.18. The van der Waals surface area contributed by atoms with E-state index in [4.69, 9.17) is 9.57 Å². The molecule has 1 unspecified atom stereocenters. The molecule has 3 amide bonds. The van der Waals surface area contributed by atoms with E-state index in [2.05, 4.69) is 16.1 Å². The molecule has 24 heavy (non-hydrogen) atoms. The van der Waals surface area contributed by atoms with Gasteiger partial charge in [-0.25, -0.2) is 15.1 Å². The number of aromatic hydroxyl groups is 1. The molecule has 1 aromatic carbocycles. The molecular weight excluding hydrogens is 314 g/mol. The second kappa shape index (κ2) is 8.51. The van der Waals surface area contributed by atoms with Gasteiger partial charge in [0.05, 0.1) is 5.56 Å². The summed E-state index contributed by atoms with van der Waals surface area (Å²) >= 11 is 0. The van der Waals surface area contributed by atoms with Gasteiger partial charge in [-0.2, -0.15) is 0 Å². The van der Waals surface area contributed by atoms with Crippen LogP contribution in [0.3, 0.4) is 0 Å². The predicted octanol–water partition coefficient (Wildman–Crippen LogP) is 2.11. The Labute approximate surface area is 140 Å². The Morgan fingerprint density at radius 2 is 2.12 bits per heavy atom. The molecule has 0 aliphatic carbocycles. The van der Waals surface area contributed by atoms with Crippen LogP contribution in [0.1, 0.15) is 43.5 Å². The van der Waals surface area contributed by atoms with Gasteiger partial charge in [-0.3, -0.25) is 4.79 Å². The smallest absolute Gasteiger partial charge is 0.319 e. The maximum atomic E-state index is 12.1. The first kappa shape index (κ1) is 18.0. The first-order chi connectivity index (χ1) is 11.5. The van der Waals surface area contributed by atoms with Crippen LogP contribution in [0.4, 0.5) is 10.5 Å². The summed E-state index contributed by atoms with van der Waals surface area (Å²) < 4.78 is 5.34. The zero-order valence-corrected chi connectivity index (χ0v) is 13.8. The lowest BCUT2D eigenvalue weighted by Crippen LogP contribution is -2.34. The largest absolute Gasteiger partial charge is 0.507 e. The number of hydroxylamine groups is 1. The number of hydrogen-bond acceptors (Lipinski definition) is 5. The highest BCUT2D eigenvalue weighted by molar-refractivity contribution is 5.98. The van der Waals surface area contributed by atoms with Crippen LogP contribution in [-0.4, -0.2) is 36.0 Å². The van der Waals surface area contributed by atoms with E-state index in [0.717, 1.165) is 12.8 Å². The zero-order valence-electron chi connectivity index (χ0n) is 13.8. The van der Waals surface area contributed by atoms with Crippen LogP contribution in [0.5, 0.6) is 5.75 Å². The lowest BCUT2D eigenvalue weighted by molar-refractivity contribution is -0.186. The summed E-state index contributed by atoms with van der Waals surface area (Å²) in [7, 11) is 0. The third-order valence-electron chi connectivity index (χ3n) is 3.34. The quantitative estimate of drug-likeness (QED) is 0.486. The number of benzene rings is 1. The number of ether oxygens (including phenoxy) is 1. The molecule has 1 atom stereocenters. The van der Waals surface area contributed by atoms with E-state index in [9.17, 15) is 14.7 Å². The Balaban J connectivity index is 1.96. The summed E-state index contributed by atoms with van der Waals surface area (Å²) in [6, 6.07) is 3.78. The van der Waals surface area contributed by atoms with E-state index in [-0.39, 0.29) is 17.4 Å². The highest BCUT2D eigenvalue weighted by atomic mass is 16.8. The van der Waals surface area contributed by atoms with E-state index in [1.807, 2.05) is 13.8 Å². The molecule has 1 saturated heterocycles. The van der Waals surface area contributed by atoms with Crippen molar-refractivity contribution in [2.45, 2.75) is 45.4 Å². The normalized spacial score (nSPS) is 17.4. The number of rotatable bonds is 5. The summed E-state index contributed by atoms with van der Waals surface area (Å²) in [6.07, 6.45) is 2.16. The fourth-order valence-electron chi connectivity index (χ4n) is 2.20. The standard InChI is InChI=1S/C16H23N3O5/c1-10(2)17-16(22)18-11-6-7-13(20)12(9-11)15(21)19-24-14-5-3-4-8-23-14/h6-7,9-10,14,20H,3-5,8H2,1-2H3,(H,19,21)(H2,17,18,22). The Hall–Kier alpha value is -2.32. The molecule has 1 aliphatic heterocycles. The maximum absolute atomic E-state index is 12.1. The lowest BCUT2D eigenvalue weighted by Gasteiger charge is -2.22. The average Bonchev–Trinajstić information content (AvgIpc) is 2.54.